The molecule has 0 fully saturated rings. The van der Waals surface area contributed by atoms with Crippen molar-refractivity contribution in [2.24, 2.45) is 0 Å². The zero-order chi connectivity index (χ0) is 14.6. The lowest BCUT2D eigenvalue weighted by Crippen LogP contribution is -2.02. The van der Waals surface area contributed by atoms with Crippen molar-refractivity contribution in [2.75, 3.05) is 11.8 Å². The van der Waals surface area contributed by atoms with Crippen LogP contribution in [-0.2, 0) is 11.0 Å². The molecule has 0 spiro atoms. The van der Waals surface area contributed by atoms with Crippen molar-refractivity contribution in [1.29, 1.82) is 0 Å². The van der Waals surface area contributed by atoms with Gasteiger partial charge in [-0.1, -0.05) is 35.0 Å². The molecule has 0 aromatic heterocycles. The molecule has 3 nitrogen and oxygen atoms in total. The van der Waals surface area contributed by atoms with E-state index in [0.29, 0.717) is 5.75 Å². The van der Waals surface area contributed by atoms with Crippen LogP contribution in [0.4, 0.5) is 5.69 Å². The summed E-state index contributed by atoms with van der Waals surface area (Å²) >= 11 is 3.36. The Morgan fingerprint density at radius 3 is 2.25 bits per heavy atom. The van der Waals surface area contributed by atoms with Gasteiger partial charge in [0, 0.05) is 16.8 Å². The third-order valence-corrected chi connectivity index (χ3v) is 4.54. The van der Waals surface area contributed by atoms with Crippen LogP contribution < -0.4 is 9.61 Å². The second-order valence-electron chi connectivity index (χ2n) is 4.55. The van der Waals surface area contributed by atoms with Gasteiger partial charge in [-0.15, -0.1) is 0 Å². The van der Waals surface area contributed by atoms with Gasteiger partial charge in [-0.2, -0.15) is 0 Å². The van der Waals surface area contributed by atoms with Gasteiger partial charge in [-0.05, 0) is 48.4 Å². The molecule has 2 rings (SSSR count). The molecule has 0 saturated carbocycles. The molecule has 0 aliphatic carbocycles. The van der Waals surface area contributed by atoms with E-state index < -0.39 is 7.52 Å². The SMILES string of the molecule is CCc1ccc(OP(C)(=O)Nc2ccc(Br)cc2)cc1. The molecule has 0 aliphatic heterocycles. The monoisotopic (exact) mass is 353 g/mol. The van der Waals surface area contributed by atoms with E-state index in [1.54, 1.807) is 6.66 Å². The maximum Gasteiger partial charge on any atom is 0.338 e. The lowest BCUT2D eigenvalue weighted by molar-refractivity contribution is 0.493. The largest absolute Gasteiger partial charge is 0.429 e. The normalized spacial score (nSPS) is 13.6. The summed E-state index contributed by atoms with van der Waals surface area (Å²) in [5.41, 5.74) is 1.99. The fourth-order valence-corrected chi connectivity index (χ4v) is 3.22. The molecule has 1 atom stereocenters. The second kappa shape index (κ2) is 6.47. The number of anilines is 1. The average Bonchev–Trinajstić information content (AvgIpc) is 2.41. The van der Waals surface area contributed by atoms with Crippen molar-refractivity contribution in [3.05, 3.63) is 58.6 Å². The van der Waals surface area contributed by atoms with Crippen LogP contribution in [-0.4, -0.2) is 6.66 Å². The number of hydrogen-bond acceptors (Lipinski definition) is 2. The minimum absolute atomic E-state index is 0.609. The van der Waals surface area contributed by atoms with Crippen molar-refractivity contribution in [3.63, 3.8) is 0 Å². The van der Waals surface area contributed by atoms with E-state index >= 15 is 0 Å². The van der Waals surface area contributed by atoms with Crippen molar-refractivity contribution in [2.45, 2.75) is 13.3 Å². The molecule has 2 aromatic rings. The zero-order valence-electron chi connectivity index (χ0n) is 11.5. The number of rotatable bonds is 5. The van der Waals surface area contributed by atoms with E-state index in [0.717, 1.165) is 16.6 Å². The number of halogens is 1. The molecule has 0 heterocycles. The van der Waals surface area contributed by atoms with E-state index in [4.69, 9.17) is 4.52 Å². The van der Waals surface area contributed by atoms with Crippen LogP contribution in [0.15, 0.2) is 53.0 Å². The summed E-state index contributed by atoms with van der Waals surface area (Å²) in [5.74, 6) is 0.609. The Morgan fingerprint density at radius 2 is 1.70 bits per heavy atom. The maximum atomic E-state index is 12.4. The summed E-state index contributed by atoms with van der Waals surface area (Å²) < 4.78 is 19.0. The highest BCUT2D eigenvalue weighted by Gasteiger charge is 2.17. The van der Waals surface area contributed by atoms with Gasteiger partial charge >= 0.3 is 7.52 Å². The van der Waals surface area contributed by atoms with E-state index in [9.17, 15) is 4.57 Å². The molecular formula is C15H17BrNO2P. The van der Waals surface area contributed by atoms with Gasteiger partial charge in [-0.25, -0.2) is 0 Å². The molecule has 0 saturated heterocycles. The first-order valence-corrected chi connectivity index (χ1v) is 9.25. The van der Waals surface area contributed by atoms with E-state index in [-0.39, 0.29) is 0 Å². The summed E-state index contributed by atoms with van der Waals surface area (Å²) in [6.07, 6.45) is 0.973. The Kier molecular flexibility index (Phi) is 4.90. The van der Waals surface area contributed by atoms with Crippen molar-refractivity contribution >= 4 is 29.1 Å². The highest BCUT2D eigenvalue weighted by molar-refractivity contribution is 9.10. The highest BCUT2D eigenvalue weighted by atomic mass is 79.9. The van der Waals surface area contributed by atoms with E-state index in [1.807, 2.05) is 48.5 Å². The fraction of sp³-hybridized carbons (Fsp3) is 0.200. The van der Waals surface area contributed by atoms with Gasteiger partial charge < -0.3 is 9.61 Å². The molecule has 20 heavy (non-hydrogen) atoms. The van der Waals surface area contributed by atoms with Crippen LogP contribution in [0.2, 0.25) is 0 Å². The molecular weight excluding hydrogens is 337 g/mol. The minimum Gasteiger partial charge on any atom is -0.429 e. The van der Waals surface area contributed by atoms with Gasteiger partial charge in [-0.3, -0.25) is 4.57 Å². The lowest BCUT2D eigenvalue weighted by Gasteiger charge is -2.17. The van der Waals surface area contributed by atoms with E-state index in [1.165, 1.54) is 5.56 Å². The number of hydrogen-bond donors (Lipinski definition) is 1. The summed E-state index contributed by atoms with van der Waals surface area (Å²) in [4.78, 5) is 0. The predicted molar refractivity (Wildman–Crippen MR) is 87.7 cm³/mol. The highest BCUT2D eigenvalue weighted by Crippen LogP contribution is 2.43. The summed E-state index contributed by atoms with van der Waals surface area (Å²) in [7, 11) is -2.94. The molecule has 1 N–H and O–H groups in total. The summed E-state index contributed by atoms with van der Waals surface area (Å²) in [6, 6.07) is 15.1. The van der Waals surface area contributed by atoms with Crippen LogP contribution in [0, 0.1) is 0 Å². The molecule has 0 amide bonds. The third-order valence-electron chi connectivity index (χ3n) is 2.79. The molecule has 106 valence electrons. The smallest absolute Gasteiger partial charge is 0.338 e. The first-order chi connectivity index (χ1) is 9.48. The van der Waals surface area contributed by atoms with Crippen LogP contribution in [0.1, 0.15) is 12.5 Å². The summed E-state index contributed by atoms with van der Waals surface area (Å²) in [6.45, 7) is 3.67. The van der Waals surface area contributed by atoms with Gasteiger partial charge in [0.2, 0.25) is 0 Å². The molecule has 1 unspecified atom stereocenters. The standard InChI is InChI=1S/C15H17BrNO2P/c1-3-12-4-10-15(11-5-12)19-20(2,18)17-14-8-6-13(16)7-9-14/h4-11H,3H2,1-2H3,(H,17,18). The first-order valence-electron chi connectivity index (χ1n) is 6.38. The Hall–Kier alpha value is -1.25. The number of nitrogens with one attached hydrogen (secondary N) is 1. The zero-order valence-corrected chi connectivity index (χ0v) is 13.9. The van der Waals surface area contributed by atoms with E-state index in [2.05, 4.69) is 27.9 Å². The van der Waals surface area contributed by atoms with Gasteiger partial charge in [0.1, 0.15) is 5.75 Å². The Labute approximate surface area is 128 Å². The number of benzene rings is 2. The lowest BCUT2D eigenvalue weighted by atomic mass is 10.2. The maximum absolute atomic E-state index is 12.4. The molecule has 0 radical (unpaired) electrons. The Balaban J connectivity index is 2.06. The van der Waals surface area contributed by atoms with Crippen LogP contribution >= 0.6 is 23.4 Å². The van der Waals surface area contributed by atoms with Crippen molar-refractivity contribution < 1.29 is 9.09 Å². The average molecular weight is 354 g/mol. The van der Waals surface area contributed by atoms with Gasteiger partial charge in [0.15, 0.2) is 0 Å². The van der Waals surface area contributed by atoms with Gasteiger partial charge in [0.05, 0.1) is 0 Å². The minimum atomic E-state index is -2.94. The predicted octanol–water partition coefficient (Wildman–Crippen LogP) is 5.33. The quantitative estimate of drug-likeness (QED) is 0.738. The third kappa shape index (κ3) is 4.39. The molecule has 2 aromatic carbocycles. The summed E-state index contributed by atoms with van der Waals surface area (Å²) in [5, 5.41) is 2.94. The Bertz CT molecular complexity index is 611. The van der Waals surface area contributed by atoms with Crippen LogP contribution in [0.3, 0.4) is 0 Å². The fourth-order valence-electron chi connectivity index (χ4n) is 1.77. The van der Waals surface area contributed by atoms with Crippen LogP contribution in [0.5, 0.6) is 5.75 Å². The number of aryl methyl sites for hydroxylation is 1. The Morgan fingerprint density at radius 1 is 1.10 bits per heavy atom. The topological polar surface area (TPSA) is 38.3 Å². The molecule has 0 aliphatic rings. The molecule has 0 bridgehead atoms. The van der Waals surface area contributed by atoms with Crippen molar-refractivity contribution in [3.8, 4) is 5.75 Å². The van der Waals surface area contributed by atoms with Crippen molar-refractivity contribution in [1.82, 2.24) is 0 Å². The van der Waals surface area contributed by atoms with Gasteiger partial charge in [0.25, 0.3) is 0 Å². The first kappa shape index (κ1) is 15.1. The van der Waals surface area contributed by atoms with Crippen LogP contribution in [0.25, 0.3) is 0 Å². The second-order valence-corrected chi connectivity index (χ2v) is 7.57. The molecule has 5 heteroatoms.